The zero-order valence-electron chi connectivity index (χ0n) is 16.0. The van der Waals surface area contributed by atoms with Crippen LogP contribution >= 0.6 is 0 Å². The fraction of sp³-hybridized carbons (Fsp3) is 0.550. The molecule has 0 aromatic heterocycles. The average Bonchev–Trinajstić information content (AvgIpc) is 2.88. The summed E-state index contributed by atoms with van der Waals surface area (Å²) in [5.74, 6) is -3.13. The second-order valence-electron chi connectivity index (χ2n) is 7.37. The van der Waals surface area contributed by atoms with Crippen LogP contribution in [0.15, 0.2) is 36.0 Å². The van der Waals surface area contributed by atoms with Crippen molar-refractivity contribution in [2.45, 2.75) is 58.0 Å². The van der Waals surface area contributed by atoms with E-state index in [4.69, 9.17) is 9.47 Å². The summed E-state index contributed by atoms with van der Waals surface area (Å²) in [7, 11) is 0. The number of carbonyl (C=O) groups is 3. The van der Waals surface area contributed by atoms with E-state index in [-0.39, 0.29) is 17.1 Å². The highest BCUT2D eigenvalue weighted by Gasteiger charge is 2.53. The molecule has 2 N–H and O–H groups in total. The van der Waals surface area contributed by atoms with Crippen molar-refractivity contribution in [3.05, 3.63) is 36.0 Å². The molecule has 148 valence electrons. The van der Waals surface area contributed by atoms with Gasteiger partial charge in [0.2, 0.25) is 0 Å². The molecule has 2 rings (SSSR count). The van der Waals surface area contributed by atoms with Crippen molar-refractivity contribution >= 4 is 17.7 Å². The maximum atomic E-state index is 12.4. The molecule has 6 atom stereocenters. The Labute approximate surface area is 158 Å². The van der Waals surface area contributed by atoms with E-state index in [0.29, 0.717) is 6.42 Å². The minimum atomic E-state index is -2.22. The number of hydrogen-bond acceptors (Lipinski definition) is 7. The van der Waals surface area contributed by atoms with E-state index in [1.54, 1.807) is 13.0 Å². The van der Waals surface area contributed by atoms with Gasteiger partial charge >= 0.3 is 11.9 Å². The number of fused-ring (bicyclic) bond motifs is 1. The van der Waals surface area contributed by atoms with Gasteiger partial charge in [-0.1, -0.05) is 25.7 Å². The van der Waals surface area contributed by atoms with E-state index in [9.17, 15) is 24.6 Å². The zero-order valence-corrected chi connectivity index (χ0v) is 16.0. The fourth-order valence-electron chi connectivity index (χ4n) is 3.25. The van der Waals surface area contributed by atoms with Gasteiger partial charge in [0, 0.05) is 11.1 Å². The number of aliphatic hydroxyl groups is 2. The van der Waals surface area contributed by atoms with E-state index in [1.165, 1.54) is 19.1 Å². The Morgan fingerprint density at radius 2 is 2.07 bits per heavy atom. The lowest BCUT2D eigenvalue weighted by Gasteiger charge is -2.37. The first-order chi connectivity index (χ1) is 12.5. The molecule has 1 heterocycles. The Morgan fingerprint density at radius 3 is 2.67 bits per heavy atom. The second-order valence-corrected chi connectivity index (χ2v) is 7.37. The van der Waals surface area contributed by atoms with Crippen molar-refractivity contribution < 1.29 is 34.1 Å². The molecule has 0 aromatic rings. The minimum Gasteiger partial charge on any atom is -0.458 e. The van der Waals surface area contributed by atoms with Gasteiger partial charge in [0.05, 0.1) is 5.92 Å². The molecule has 27 heavy (non-hydrogen) atoms. The van der Waals surface area contributed by atoms with Gasteiger partial charge in [0.25, 0.3) is 0 Å². The van der Waals surface area contributed by atoms with Crippen LogP contribution in [0.5, 0.6) is 0 Å². The smallest absolute Gasteiger partial charge is 0.334 e. The number of allylic oxidation sites excluding steroid dienone is 2. The number of ether oxygens (including phenoxy) is 2. The van der Waals surface area contributed by atoms with Crippen molar-refractivity contribution in [1.29, 1.82) is 0 Å². The van der Waals surface area contributed by atoms with Crippen LogP contribution in [0, 0.1) is 11.8 Å². The molecule has 0 unspecified atom stereocenters. The van der Waals surface area contributed by atoms with Gasteiger partial charge in [0.1, 0.15) is 18.3 Å². The maximum absolute atomic E-state index is 12.4. The van der Waals surface area contributed by atoms with Crippen LogP contribution in [-0.4, -0.2) is 51.8 Å². The van der Waals surface area contributed by atoms with Crippen molar-refractivity contribution in [2.75, 3.05) is 0 Å². The van der Waals surface area contributed by atoms with Gasteiger partial charge in [-0.25, -0.2) is 9.59 Å². The number of hydrogen-bond donors (Lipinski definition) is 2. The molecule has 7 heteroatoms. The first-order valence-electron chi connectivity index (χ1n) is 8.87. The van der Waals surface area contributed by atoms with Crippen molar-refractivity contribution in [1.82, 2.24) is 0 Å². The Balaban J connectivity index is 2.55. The molecule has 7 nitrogen and oxygen atoms in total. The molecule has 0 amide bonds. The molecule has 0 spiro atoms. The molecular formula is C20H26O7. The van der Waals surface area contributed by atoms with E-state index in [0.717, 1.165) is 6.92 Å². The average molecular weight is 378 g/mol. The number of aliphatic hydroxyl groups excluding tert-OH is 1. The quantitative estimate of drug-likeness (QED) is 0.549. The van der Waals surface area contributed by atoms with Gasteiger partial charge in [-0.2, -0.15) is 0 Å². The van der Waals surface area contributed by atoms with Gasteiger partial charge in [-0.05, 0) is 39.2 Å². The minimum absolute atomic E-state index is 0.0370. The topological polar surface area (TPSA) is 110 Å². The highest BCUT2D eigenvalue weighted by atomic mass is 16.6. The predicted octanol–water partition coefficient (Wildman–Crippen LogP) is 1.24. The van der Waals surface area contributed by atoms with Crippen LogP contribution in [0.1, 0.15) is 34.1 Å². The maximum Gasteiger partial charge on any atom is 0.334 e. The van der Waals surface area contributed by atoms with Crippen LogP contribution in [0.25, 0.3) is 0 Å². The Bertz CT molecular complexity index is 716. The van der Waals surface area contributed by atoms with Gasteiger partial charge < -0.3 is 19.7 Å². The van der Waals surface area contributed by atoms with Gasteiger partial charge in [0.15, 0.2) is 11.4 Å². The lowest BCUT2D eigenvalue weighted by atomic mass is 9.77. The molecule has 1 aliphatic carbocycles. The second kappa shape index (κ2) is 7.78. The Morgan fingerprint density at radius 1 is 1.44 bits per heavy atom. The van der Waals surface area contributed by atoms with Crippen molar-refractivity contribution in [3.63, 3.8) is 0 Å². The van der Waals surface area contributed by atoms with Crippen LogP contribution in [0.4, 0.5) is 0 Å². The third kappa shape index (κ3) is 4.04. The first-order valence-corrected chi connectivity index (χ1v) is 8.87. The standard InChI is InChI=1S/C20H26O7/c1-6-11(3)18(23)27-16-15-12(4)19(24)26-13(15)9-10(2)7-8-14(21)20(5,25)17(16)22/h6-8,10,13,15-17,22,25H,4,9H2,1-3,5H3/b8-7-,11-6-/t10-,13+,15-,16-,17+,20-/m0/s1. The molecular weight excluding hydrogens is 352 g/mol. The summed E-state index contributed by atoms with van der Waals surface area (Å²) in [4.78, 5) is 36.8. The molecule has 1 aliphatic heterocycles. The van der Waals surface area contributed by atoms with E-state index < -0.39 is 47.6 Å². The number of rotatable bonds is 2. The molecule has 1 saturated heterocycles. The SMILES string of the molecule is C=C1C(=O)O[C@@H]2C[C@@H](C)/C=C\C(=O)[C@](C)(O)[C@H](O)[C@@H](OC(=O)/C(C)=C\C)[C@@H]12. The van der Waals surface area contributed by atoms with Crippen LogP contribution in [0.2, 0.25) is 0 Å². The van der Waals surface area contributed by atoms with Gasteiger partial charge in [-0.3, -0.25) is 4.79 Å². The highest BCUT2D eigenvalue weighted by molar-refractivity contribution is 5.97. The van der Waals surface area contributed by atoms with Crippen molar-refractivity contribution in [3.8, 4) is 0 Å². The van der Waals surface area contributed by atoms with Crippen LogP contribution in [-0.2, 0) is 23.9 Å². The Kier molecular flexibility index (Phi) is 6.07. The number of esters is 2. The normalized spacial score (nSPS) is 38.8. The number of ketones is 1. The van der Waals surface area contributed by atoms with Gasteiger partial charge in [-0.15, -0.1) is 0 Å². The van der Waals surface area contributed by atoms with Crippen LogP contribution in [0.3, 0.4) is 0 Å². The zero-order chi connectivity index (χ0) is 20.5. The third-order valence-electron chi connectivity index (χ3n) is 5.24. The summed E-state index contributed by atoms with van der Waals surface area (Å²) in [6.07, 6.45) is 0.800. The molecule has 0 radical (unpaired) electrons. The molecule has 0 saturated carbocycles. The fourth-order valence-corrected chi connectivity index (χ4v) is 3.25. The predicted molar refractivity (Wildman–Crippen MR) is 96.4 cm³/mol. The van der Waals surface area contributed by atoms with E-state index in [1.807, 2.05) is 6.92 Å². The largest absolute Gasteiger partial charge is 0.458 e. The van der Waals surface area contributed by atoms with E-state index >= 15 is 0 Å². The summed E-state index contributed by atoms with van der Waals surface area (Å²) in [6, 6.07) is 0. The summed E-state index contributed by atoms with van der Waals surface area (Å²) < 4.78 is 10.8. The van der Waals surface area contributed by atoms with Crippen molar-refractivity contribution in [2.24, 2.45) is 11.8 Å². The van der Waals surface area contributed by atoms with Crippen LogP contribution < -0.4 is 0 Å². The lowest BCUT2D eigenvalue weighted by Crippen LogP contribution is -2.56. The molecule has 1 fully saturated rings. The lowest BCUT2D eigenvalue weighted by molar-refractivity contribution is -0.178. The monoisotopic (exact) mass is 378 g/mol. The molecule has 0 bridgehead atoms. The summed E-state index contributed by atoms with van der Waals surface area (Å²) in [5.41, 5.74) is -1.90. The highest BCUT2D eigenvalue weighted by Crippen LogP contribution is 2.39. The Hall–Kier alpha value is -2.25. The first kappa shape index (κ1) is 21.1. The molecule has 0 aromatic carbocycles. The summed E-state index contributed by atoms with van der Waals surface area (Å²) in [5, 5.41) is 21.5. The summed E-state index contributed by atoms with van der Waals surface area (Å²) in [6.45, 7) is 9.88. The van der Waals surface area contributed by atoms with E-state index in [2.05, 4.69) is 6.58 Å². The third-order valence-corrected chi connectivity index (χ3v) is 5.24. The summed E-state index contributed by atoms with van der Waals surface area (Å²) >= 11 is 0. The number of carbonyl (C=O) groups excluding carboxylic acids is 3. The molecule has 2 aliphatic rings.